The van der Waals surface area contributed by atoms with E-state index in [1.54, 1.807) is 29.6 Å². The van der Waals surface area contributed by atoms with Gasteiger partial charge in [0.15, 0.2) is 0 Å². The molecule has 0 aliphatic heterocycles. The SMILES string of the molecule is CS(=O)(=O)Nc1cccc(NC(=O)c2cc(-c3cc(C(=O)O)ccn3)cs2)c1. The van der Waals surface area contributed by atoms with E-state index < -0.39 is 16.0 Å². The number of carbonyl (C=O) groups excluding carboxylic acids is 1. The van der Waals surface area contributed by atoms with Gasteiger partial charge >= 0.3 is 5.97 Å². The number of aromatic carboxylic acids is 1. The van der Waals surface area contributed by atoms with Crippen LogP contribution in [0, 0.1) is 0 Å². The zero-order chi connectivity index (χ0) is 20.3. The van der Waals surface area contributed by atoms with Gasteiger partial charge in [0.05, 0.1) is 28.1 Å². The highest BCUT2D eigenvalue weighted by atomic mass is 32.2. The summed E-state index contributed by atoms with van der Waals surface area (Å²) in [5, 5.41) is 13.5. The lowest BCUT2D eigenvalue weighted by Crippen LogP contribution is -2.12. The third-order valence-corrected chi connectivity index (χ3v) is 5.09. The van der Waals surface area contributed by atoms with Gasteiger partial charge in [-0.2, -0.15) is 0 Å². The number of carboxylic acids is 1. The lowest BCUT2D eigenvalue weighted by Gasteiger charge is -2.07. The fraction of sp³-hybridized carbons (Fsp3) is 0.0556. The van der Waals surface area contributed by atoms with E-state index >= 15 is 0 Å². The molecule has 0 aliphatic rings. The van der Waals surface area contributed by atoms with Crippen LogP contribution in [-0.4, -0.2) is 36.6 Å². The third kappa shape index (κ3) is 4.93. The molecule has 0 aliphatic carbocycles. The zero-order valence-electron chi connectivity index (χ0n) is 14.5. The molecule has 2 aromatic heterocycles. The quantitative estimate of drug-likeness (QED) is 0.566. The predicted octanol–water partition coefficient (Wildman–Crippen LogP) is 3.13. The Kier molecular flexibility index (Phi) is 5.43. The van der Waals surface area contributed by atoms with E-state index in [-0.39, 0.29) is 11.5 Å². The lowest BCUT2D eigenvalue weighted by atomic mass is 10.1. The second-order valence-electron chi connectivity index (χ2n) is 5.84. The number of nitrogens with one attached hydrogen (secondary N) is 2. The van der Waals surface area contributed by atoms with E-state index in [1.807, 2.05) is 0 Å². The standard InChI is InChI=1S/C18H15N3O5S2/c1-28(25,26)21-14-4-2-3-13(9-14)20-17(22)16-8-12(10-27-16)15-7-11(18(23)24)5-6-19-15/h2-10,21H,1H3,(H,20,22)(H,23,24). The number of hydrogen-bond donors (Lipinski definition) is 3. The molecule has 3 N–H and O–H groups in total. The predicted molar refractivity (Wildman–Crippen MR) is 107 cm³/mol. The molecule has 3 aromatic rings. The monoisotopic (exact) mass is 417 g/mol. The van der Waals surface area contributed by atoms with Crippen LogP contribution in [0.1, 0.15) is 20.0 Å². The van der Waals surface area contributed by atoms with E-state index in [2.05, 4.69) is 15.0 Å². The van der Waals surface area contributed by atoms with Crippen molar-refractivity contribution >= 4 is 44.6 Å². The fourth-order valence-electron chi connectivity index (χ4n) is 2.38. The second kappa shape index (κ2) is 7.79. The summed E-state index contributed by atoms with van der Waals surface area (Å²) >= 11 is 1.19. The van der Waals surface area contributed by atoms with Crippen LogP contribution in [0.2, 0.25) is 0 Å². The molecule has 0 saturated heterocycles. The van der Waals surface area contributed by atoms with E-state index in [1.165, 1.54) is 35.7 Å². The number of rotatable bonds is 6. The summed E-state index contributed by atoms with van der Waals surface area (Å²) in [5.74, 6) is -1.43. The molecule has 0 radical (unpaired) electrons. The Labute approximate surface area is 164 Å². The molecule has 0 bridgehead atoms. The Morgan fingerprint density at radius 2 is 1.86 bits per heavy atom. The van der Waals surface area contributed by atoms with Crippen LogP contribution in [0.5, 0.6) is 0 Å². The van der Waals surface area contributed by atoms with Crippen molar-refractivity contribution in [3.05, 3.63) is 64.5 Å². The molecule has 2 heterocycles. The molecule has 1 amide bonds. The fourth-order valence-corrected chi connectivity index (χ4v) is 3.73. The Hall–Kier alpha value is -3.24. The number of amides is 1. The van der Waals surface area contributed by atoms with Gasteiger partial charge in [-0.15, -0.1) is 11.3 Å². The van der Waals surface area contributed by atoms with Crippen molar-refractivity contribution in [3.63, 3.8) is 0 Å². The number of carbonyl (C=O) groups is 2. The molecule has 8 nitrogen and oxygen atoms in total. The highest BCUT2D eigenvalue weighted by Crippen LogP contribution is 2.26. The molecule has 144 valence electrons. The number of pyridine rings is 1. The van der Waals surface area contributed by atoms with E-state index in [9.17, 15) is 18.0 Å². The van der Waals surface area contributed by atoms with Crippen molar-refractivity contribution in [1.82, 2.24) is 4.98 Å². The highest BCUT2D eigenvalue weighted by molar-refractivity contribution is 7.92. The average Bonchev–Trinajstić information content (AvgIpc) is 3.11. The summed E-state index contributed by atoms with van der Waals surface area (Å²) < 4.78 is 25.0. The Balaban J connectivity index is 1.77. The molecule has 0 spiro atoms. The number of thiophene rings is 1. The van der Waals surface area contributed by atoms with Crippen LogP contribution in [0.4, 0.5) is 11.4 Å². The minimum absolute atomic E-state index is 0.109. The number of hydrogen-bond acceptors (Lipinski definition) is 6. The first-order chi connectivity index (χ1) is 13.2. The largest absolute Gasteiger partial charge is 0.478 e. The van der Waals surface area contributed by atoms with Crippen molar-refractivity contribution in [2.75, 3.05) is 16.3 Å². The van der Waals surface area contributed by atoms with Gasteiger partial charge in [0, 0.05) is 22.8 Å². The van der Waals surface area contributed by atoms with Gasteiger partial charge in [-0.3, -0.25) is 14.5 Å². The molecule has 3 rings (SSSR count). The molecular weight excluding hydrogens is 402 g/mol. The lowest BCUT2D eigenvalue weighted by molar-refractivity contribution is 0.0696. The molecular formula is C18H15N3O5S2. The maximum Gasteiger partial charge on any atom is 0.335 e. The summed E-state index contributed by atoms with van der Waals surface area (Å²) in [6, 6.07) is 10.8. The van der Waals surface area contributed by atoms with Crippen LogP contribution < -0.4 is 10.0 Å². The molecule has 10 heteroatoms. The Morgan fingerprint density at radius 1 is 1.11 bits per heavy atom. The van der Waals surface area contributed by atoms with Crippen LogP contribution >= 0.6 is 11.3 Å². The maximum absolute atomic E-state index is 12.5. The molecule has 0 fully saturated rings. The van der Waals surface area contributed by atoms with Crippen molar-refractivity contribution in [3.8, 4) is 11.3 Å². The van der Waals surface area contributed by atoms with Crippen molar-refractivity contribution in [2.45, 2.75) is 0 Å². The first-order valence-corrected chi connectivity index (χ1v) is 10.7. The van der Waals surface area contributed by atoms with Crippen molar-refractivity contribution in [2.24, 2.45) is 0 Å². The maximum atomic E-state index is 12.5. The van der Waals surface area contributed by atoms with Gasteiger partial charge in [0.1, 0.15) is 0 Å². The van der Waals surface area contributed by atoms with Gasteiger partial charge < -0.3 is 10.4 Å². The normalized spacial score (nSPS) is 11.0. The second-order valence-corrected chi connectivity index (χ2v) is 8.50. The Bertz CT molecular complexity index is 1160. The number of aromatic nitrogens is 1. The van der Waals surface area contributed by atoms with Crippen LogP contribution in [0.25, 0.3) is 11.3 Å². The van der Waals surface area contributed by atoms with E-state index in [4.69, 9.17) is 5.11 Å². The molecule has 28 heavy (non-hydrogen) atoms. The van der Waals surface area contributed by atoms with Gasteiger partial charge in [-0.25, -0.2) is 13.2 Å². The number of anilines is 2. The van der Waals surface area contributed by atoms with Crippen molar-refractivity contribution < 1.29 is 23.1 Å². The third-order valence-electron chi connectivity index (χ3n) is 3.55. The summed E-state index contributed by atoms with van der Waals surface area (Å²) in [6.07, 6.45) is 2.44. The summed E-state index contributed by atoms with van der Waals surface area (Å²) in [5.41, 5.74) is 1.96. The summed E-state index contributed by atoms with van der Waals surface area (Å²) in [7, 11) is -3.42. The van der Waals surface area contributed by atoms with Gasteiger partial charge in [-0.1, -0.05) is 6.07 Å². The zero-order valence-corrected chi connectivity index (χ0v) is 16.2. The first-order valence-electron chi connectivity index (χ1n) is 7.89. The average molecular weight is 417 g/mol. The highest BCUT2D eigenvalue weighted by Gasteiger charge is 2.13. The topological polar surface area (TPSA) is 125 Å². The summed E-state index contributed by atoms with van der Waals surface area (Å²) in [6.45, 7) is 0. The smallest absolute Gasteiger partial charge is 0.335 e. The van der Waals surface area contributed by atoms with Gasteiger partial charge in [-0.05, 0) is 36.4 Å². The number of carboxylic acid groups (broad SMARTS) is 1. The van der Waals surface area contributed by atoms with Crippen LogP contribution in [0.15, 0.2) is 54.0 Å². The molecule has 1 aromatic carbocycles. The Morgan fingerprint density at radius 3 is 2.57 bits per heavy atom. The van der Waals surface area contributed by atoms with Crippen LogP contribution in [0.3, 0.4) is 0 Å². The van der Waals surface area contributed by atoms with Gasteiger partial charge in [0.25, 0.3) is 5.91 Å². The molecule has 0 unspecified atom stereocenters. The van der Waals surface area contributed by atoms with Gasteiger partial charge in [0.2, 0.25) is 10.0 Å². The van der Waals surface area contributed by atoms with Crippen molar-refractivity contribution in [1.29, 1.82) is 0 Å². The first kappa shape index (κ1) is 19.5. The number of nitrogens with zero attached hydrogens (tertiary/aromatic N) is 1. The van der Waals surface area contributed by atoms with E-state index in [0.717, 1.165) is 6.26 Å². The minimum Gasteiger partial charge on any atom is -0.478 e. The molecule has 0 atom stereocenters. The number of sulfonamides is 1. The number of benzene rings is 1. The minimum atomic E-state index is -3.42. The summed E-state index contributed by atoms with van der Waals surface area (Å²) in [4.78, 5) is 28.1. The van der Waals surface area contributed by atoms with E-state index in [0.29, 0.717) is 27.5 Å². The molecule has 0 saturated carbocycles. The van der Waals surface area contributed by atoms with Crippen LogP contribution in [-0.2, 0) is 10.0 Å².